The molecule has 0 radical (unpaired) electrons. The minimum absolute atomic E-state index is 0.233. The van der Waals surface area contributed by atoms with Crippen LogP contribution in [0.25, 0.3) is 0 Å². The fourth-order valence-electron chi connectivity index (χ4n) is 1.84. The third-order valence-electron chi connectivity index (χ3n) is 2.78. The van der Waals surface area contributed by atoms with Gasteiger partial charge in [0, 0.05) is 21.4 Å². The van der Waals surface area contributed by atoms with E-state index in [0.29, 0.717) is 5.56 Å². The van der Waals surface area contributed by atoms with Gasteiger partial charge in [0.2, 0.25) is 0 Å². The first-order valence-electron chi connectivity index (χ1n) is 5.87. The Balaban J connectivity index is 2.41. The third kappa shape index (κ3) is 2.74. The molecule has 0 heterocycles. The fraction of sp³-hybridized carbons (Fsp3) is 0.200. The predicted molar refractivity (Wildman–Crippen MR) is 74.3 cm³/mol. The minimum Gasteiger partial charge on any atom is -0.324 e. The summed E-state index contributed by atoms with van der Waals surface area (Å²) in [6.45, 7) is 3.85. The summed E-state index contributed by atoms with van der Waals surface area (Å²) < 4.78 is 13.8. The van der Waals surface area contributed by atoms with Crippen LogP contribution in [0.1, 0.15) is 24.1 Å². The first-order chi connectivity index (χ1) is 8.59. The molecule has 1 atom stereocenters. The van der Waals surface area contributed by atoms with Crippen LogP contribution in [0.3, 0.4) is 0 Å². The van der Waals surface area contributed by atoms with Crippen molar-refractivity contribution in [1.29, 1.82) is 0 Å². The number of nitrogens with two attached hydrogens (primary N) is 1. The second kappa shape index (κ2) is 5.55. The van der Waals surface area contributed by atoms with Crippen LogP contribution in [-0.2, 0) is 0 Å². The second-order valence-corrected chi connectivity index (χ2v) is 5.39. The number of hydrogen-bond acceptors (Lipinski definition) is 2. The molecule has 0 aliphatic heterocycles. The molecule has 0 spiro atoms. The molecular formula is C15H16FNS. The van der Waals surface area contributed by atoms with E-state index in [1.807, 2.05) is 37.3 Å². The Kier molecular flexibility index (Phi) is 4.04. The summed E-state index contributed by atoms with van der Waals surface area (Å²) in [5.74, 6) is -0.233. The summed E-state index contributed by atoms with van der Waals surface area (Å²) in [6.07, 6.45) is 0. The van der Waals surface area contributed by atoms with Crippen molar-refractivity contribution in [3.05, 3.63) is 59.4 Å². The van der Waals surface area contributed by atoms with E-state index in [-0.39, 0.29) is 11.9 Å². The summed E-state index contributed by atoms with van der Waals surface area (Å²) in [6, 6.07) is 12.9. The van der Waals surface area contributed by atoms with Gasteiger partial charge in [-0.1, -0.05) is 36.0 Å². The number of halogens is 1. The topological polar surface area (TPSA) is 26.0 Å². The Bertz CT molecular complexity index is 552. The van der Waals surface area contributed by atoms with E-state index >= 15 is 0 Å². The van der Waals surface area contributed by atoms with E-state index < -0.39 is 0 Å². The number of hydrogen-bond donors (Lipinski definition) is 1. The van der Waals surface area contributed by atoms with E-state index in [1.54, 1.807) is 24.8 Å². The van der Waals surface area contributed by atoms with Crippen LogP contribution >= 0.6 is 11.8 Å². The van der Waals surface area contributed by atoms with E-state index in [0.717, 1.165) is 9.79 Å². The van der Waals surface area contributed by atoms with Crippen LogP contribution in [0.15, 0.2) is 52.3 Å². The zero-order valence-corrected chi connectivity index (χ0v) is 11.3. The van der Waals surface area contributed by atoms with Gasteiger partial charge in [-0.05, 0) is 37.6 Å². The molecule has 1 unspecified atom stereocenters. The van der Waals surface area contributed by atoms with Crippen LogP contribution in [0, 0.1) is 12.7 Å². The van der Waals surface area contributed by atoms with Crippen molar-refractivity contribution in [2.75, 3.05) is 0 Å². The van der Waals surface area contributed by atoms with Crippen molar-refractivity contribution in [3.63, 3.8) is 0 Å². The quantitative estimate of drug-likeness (QED) is 0.891. The van der Waals surface area contributed by atoms with Gasteiger partial charge in [-0.25, -0.2) is 4.39 Å². The van der Waals surface area contributed by atoms with Crippen molar-refractivity contribution >= 4 is 11.8 Å². The maximum atomic E-state index is 13.8. The average molecular weight is 261 g/mol. The smallest absolute Gasteiger partial charge is 0.129 e. The zero-order valence-electron chi connectivity index (χ0n) is 10.5. The first kappa shape index (κ1) is 13.1. The highest BCUT2D eigenvalue weighted by molar-refractivity contribution is 7.99. The van der Waals surface area contributed by atoms with Gasteiger partial charge in [0.25, 0.3) is 0 Å². The molecule has 3 heteroatoms. The van der Waals surface area contributed by atoms with Gasteiger partial charge in [0.1, 0.15) is 5.82 Å². The average Bonchev–Trinajstić information content (AvgIpc) is 2.31. The number of aryl methyl sites for hydroxylation is 1. The summed E-state index contributed by atoms with van der Waals surface area (Å²) in [5, 5.41) is 0. The predicted octanol–water partition coefficient (Wildman–Crippen LogP) is 4.31. The van der Waals surface area contributed by atoms with Crippen molar-refractivity contribution in [2.24, 2.45) is 5.73 Å². The summed E-state index contributed by atoms with van der Waals surface area (Å²) >= 11 is 1.56. The monoisotopic (exact) mass is 261 g/mol. The normalized spacial score (nSPS) is 12.4. The molecule has 0 aromatic heterocycles. The summed E-state index contributed by atoms with van der Waals surface area (Å²) in [7, 11) is 0. The molecule has 0 bridgehead atoms. The molecular weight excluding hydrogens is 245 g/mol. The lowest BCUT2D eigenvalue weighted by Gasteiger charge is -2.14. The Hall–Kier alpha value is -1.32. The zero-order chi connectivity index (χ0) is 13.1. The van der Waals surface area contributed by atoms with E-state index in [9.17, 15) is 4.39 Å². The fourth-order valence-corrected chi connectivity index (χ4v) is 2.99. The van der Waals surface area contributed by atoms with Crippen LogP contribution in [-0.4, -0.2) is 0 Å². The van der Waals surface area contributed by atoms with Crippen LogP contribution < -0.4 is 5.73 Å². The first-order valence-corrected chi connectivity index (χ1v) is 6.68. The van der Waals surface area contributed by atoms with Gasteiger partial charge in [-0.15, -0.1) is 0 Å². The number of benzene rings is 2. The van der Waals surface area contributed by atoms with Gasteiger partial charge in [0.15, 0.2) is 0 Å². The highest BCUT2D eigenvalue weighted by Crippen LogP contribution is 2.35. The maximum absolute atomic E-state index is 13.8. The largest absolute Gasteiger partial charge is 0.324 e. The van der Waals surface area contributed by atoms with Crippen molar-refractivity contribution in [2.45, 2.75) is 29.7 Å². The lowest BCUT2D eigenvalue weighted by Crippen LogP contribution is -2.08. The molecule has 0 fully saturated rings. The molecule has 1 nitrogen and oxygen atoms in total. The van der Waals surface area contributed by atoms with Gasteiger partial charge in [-0.2, -0.15) is 0 Å². The molecule has 2 N–H and O–H groups in total. The molecule has 18 heavy (non-hydrogen) atoms. The Morgan fingerprint density at radius 1 is 1.06 bits per heavy atom. The Labute approximate surface area is 111 Å². The SMILES string of the molecule is Cc1ccccc1Sc1cccc(F)c1C(C)N. The molecule has 0 amide bonds. The van der Waals surface area contributed by atoms with E-state index in [2.05, 4.69) is 0 Å². The van der Waals surface area contributed by atoms with Crippen molar-refractivity contribution in [3.8, 4) is 0 Å². The molecule has 2 rings (SSSR count). The van der Waals surface area contributed by atoms with Gasteiger partial charge >= 0.3 is 0 Å². The second-order valence-electron chi connectivity index (χ2n) is 4.31. The highest BCUT2D eigenvalue weighted by atomic mass is 32.2. The van der Waals surface area contributed by atoms with Gasteiger partial charge < -0.3 is 5.73 Å². The molecule has 0 saturated heterocycles. The van der Waals surface area contributed by atoms with E-state index in [4.69, 9.17) is 5.73 Å². The molecule has 2 aromatic carbocycles. The Morgan fingerprint density at radius 3 is 2.39 bits per heavy atom. The molecule has 0 aliphatic rings. The van der Waals surface area contributed by atoms with Crippen LogP contribution in [0.5, 0.6) is 0 Å². The molecule has 0 saturated carbocycles. The minimum atomic E-state index is -0.308. The summed E-state index contributed by atoms with van der Waals surface area (Å²) in [5.41, 5.74) is 7.63. The van der Waals surface area contributed by atoms with Gasteiger partial charge in [-0.3, -0.25) is 0 Å². The maximum Gasteiger partial charge on any atom is 0.129 e. The third-order valence-corrected chi connectivity index (χ3v) is 4.04. The van der Waals surface area contributed by atoms with Crippen molar-refractivity contribution in [1.82, 2.24) is 0 Å². The van der Waals surface area contributed by atoms with Crippen molar-refractivity contribution < 1.29 is 4.39 Å². The van der Waals surface area contributed by atoms with Crippen LogP contribution in [0.4, 0.5) is 4.39 Å². The highest BCUT2D eigenvalue weighted by Gasteiger charge is 2.13. The van der Waals surface area contributed by atoms with Gasteiger partial charge in [0.05, 0.1) is 0 Å². The standard InChI is InChI=1S/C15H16FNS/c1-10-6-3-4-8-13(10)18-14-9-5-7-12(16)15(14)11(2)17/h3-9,11H,17H2,1-2H3. The lowest BCUT2D eigenvalue weighted by atomic mass is 10.1. The van der Waals surface area contributed by atoms with E-state index in [1.165, 1.54) is 11.6 Å². The Morgan fingerprint density at radius 2 is 1.72 bits per heavy atom. The molecule has 94 valence electrons. The van der Waals surface area contributed by atoms with Crippen LogP contribution in [0.2, 0.25) is 0 Å². The molecule has 2 aromatic rings. The molecule has 0 aliphatic carbocycles. The lowest BCUT2D eigenvalue weighted by molar-refractivity contribution is 0.585. The number of rotatable bonds is 3. The summed E-state index contributed by atoms with van der Waals surface area (Å²) in [4.78, 5) is 2.02.